The summed E-state index contributed by atoms with van der Waals surface area (Å²) in [6.07, 6.45) is 1.58. The summed E-state index contributed by atoms with van der Waals surface area (Å²) in [5.41, 5.74) is 2.00. The fraction of sp³-hybridized carbons (Fsp3) is 0.562. The van der Waals surface area contributed by atoms with Gasteiger partial charge in [0.15, 0.2) is 0 Å². The highest BCUT2D eigenvalue weighted by molar-refractivity contribution is 5.71. The van der Waals surface area contributed by atoms with Crippen molar-refractivity contribution < 1.29 is 19.7 Å². The Morgan fingerprint density at radius 2 is 2.19 bits per heavy atom. The minimum Gasteiger partial charge on any atom is -0.491 e. The van der Waals surface area contributed by atoms with Crippen LogP contribution in [0.1, 0.15) is 37.0 Å². The molecule has 0 spiro atoms. The smallest absolute Gasteiger partial charge is 0.306 e. The third-order valence-corrected chi connectivity index (χ3v) is 4.54. The van der Waals surface area contributed by atoms with Crippen LogP contribution in [0.2, 0.25) is 0 Å². The van der Waals surface area contributed by atoms with Crippen LogP contribution in [0.5, 0.6) is 5.75 Å². The molecule has 3 N–H and O–H groups in total. The van der Waals surface area contributed by atoms with Crippen LogP contribution in [-0.2, 0) is 11.2 Å². The number of aryl methyl sites for hydroxylation is 1. The van der Waals surface area contributed by atoms with Crippen molar-refractivity contribution in [3.05, 3.63) is 29.3 Å². The van der Waals surface area contributed by atoms with Crippen LogP contribution >= 0.6 is 0 Å². The molecule has 1 heterocycles. The van der Waals surface area contributed by atoms with Gasteiger partial charge in [0.2, 0.25) is 0 Å². The van der Waals surface area contributed by atoms with Crippen LogP contribution in [0.4, 0.5) is 0 Å². The van der Waals surface area contributed by atoms with Crippen molar-refractivity contribution in [2.75, 3.05) is 6.61 Å². The van der Waals surface area contributed by atoms with Gasteiger partial charge in [0.05, 0.1) is 12.0 Å². The largest absolute Gasteiger partial charge is 0.491 e. The minimum absolute atomic E-state index is 0.158. The SMILES string of the molecule is CCc1ccc2c(c1)OC[C@H](N[C@H]1C[C@@H](C(=O)O)C1)[C@@H]2O. The maximum atomic E-state index is 10.8. The molecule has 1 aromatic carbocycles. The second-order valence-electron chi connectivity index (χ2n) is 5.96. The number of carboxylic acid groups (broad SMARTS) is 1. The lowest BCUT2D eigenvalue weighted by molar-refractivity contribution is -0.145. The molecule has 21 heavy (non-hydrogen) atoms. The predicted octanol–water partition coefficient (Wildman–Crippen LogP) is 1.50. The number of hydrogen-bond acceptors (Lipinski definition) is 4. The van der Waals surface area contributed by atoms with E-state index in [0.29, 0.717) is 19.4 Å². The molecular formula is C16H21NO4. The van der Waals surface area contributed by atoms with Gasteiger partial charge < -0.3 is 20.3 Å². The quantitative estimate of drug-likeness (QED) is 0.783. The molecule has 2 aliphatic rings. The fourth-order valence-corrected chi connectivity index (χ4v) is 3.05. The molecule has 0 radical (unpaired) electrons. The molecule has 3 rings (SSSR count). The first-order valence-corrected chi connectivity index (χ1v) is 7.51. The molecule has 0 unspecified atom stereocenters. The standard InChI is InChI=1S/C16H21NO4/c1-2-9-3-4-12-14(5-9)21-8-13(15(12)18)17-11-6-10(7-11)16(19)20/h3-5,10-11,13,15,17-18H,2,6-8H2,1H3,(H,19,20)/t10-,11+,13-,15+/m0/s1. The lowest BCUT2D eigenvalue weighted by Crippen LogP contribution is -2.53. The van der Waals surface area contributed by atoms with Crippen LogP contribution in [-0.4, -0.2) is 34.9 Å². The van der Waals surface area contributed by atoms with Gasteiger partial charge in [-0.2, -0.15) is 0 Å². The Labute approximate surface area is 123 Å². The molecule has 1 aliphatic carbocycles. The van der Waals surface area contributed by atoms with E-state index in [0.717, 1.165) is 17.7 Å². The maximum Gasteiger partial charge on any atom is 0.306 e. The molecule has 5 heteroatoms. The number of aliphatic carboxylic acids is 1. The molecule has 0 amide bonds. The monoisotopic (exact) mass is 291 g/mol. The van der Waals surface area contributed by atoms with Crippen molar-refractivity contribution >= 4 is 5.97 Å². The van der Waals surface area contributed by atoms with Gasteiger partial charge in [-0.15, -0.1) is 0 Å². The summed E-state index contributed by atoms with van der Waals surface area (Å²) in [4.78, 5) is 10.8. The summed E-state index contributed by atoms with van der Waals surface area (Å²) >= 11 is 0. The first kappa shape index (κ1) is 14.4. The van der Waals surface area contributed by atoms with Crippen molar-refractivity contribution in [1.29, 1.82) is 0 Å². The third-order valence-electron chi connectivity index (χ3n) is 4.54. The van der Waals surface area contributed by atoms with E-state index in [4.69, 9.17) is 9.84 Å². The Morgan fingerprint density at radius 1 is 1.43 bits per heavy atom. The molecule has 114 valence electrons. The number of ether oxygens (including phenoxy) is 1. The highest BCUT2D eigenvalue weighted by Crippen LogP contribution is 2.35. The van der Waals surface area contributed by atoms with Gasteiger partial charge in [0.1, 0.15) is 18.5 Å². The number of nitrogens with one attached hydrogen (secondary N) is 1. The van der Waals surface area contributed by atoms with E-state index in [1.165, 1.54) is 5.56 Å². The lowest BCUT2D eigenvalue weighted by atomic mass is 9.79. The first-order chi connectivity index (χ1) is 10.1. The van der Waals surface area contributed by atoms with Crippen LogP contribution in [0.3, 0.4) is 0 Å². The van der Waals surface area contributed by atoms with E-state index in [9.17, 15) is 9.90 Å². The van der Waals surface area contributed by atoms with Gasteiger partial charge in [-0.05, 0) is 30.9 Å². The van der Waals surface area contributed by atoms with Gasteiger partial charge in [0.25, 0.3) is 0 Å². The Kier molecular flexibility index (Phi) is 3.87. The van der Waals surface area contributed by atoms with Gasteiger partial charge in [-0.25, -0.2) is 0 Å². The molecule has 1 saturated carbocycles. The highest BCUT2D eigenvalue weighted by Gasteiger charge is 2.38. The summed E-state index contributed by atoms with van der Waals surface area (Å²) in [7, 11) is 0. The summed E-state index contributed by atoms with van der Waals surface area (Å²) in [6, 6.07) is 5.90. The number of aliphatic hydroxyl groups excluding tert-OH is 1. The Bertz CT molecular complexity index is 539. The number of rotatable bonds is 4. The fourth-order valence-electron chi connectivity index (χ4n) is 3.05. The summed E-state index contributed by atoms with van der Waals surface area (Å²) in [5, 5.41) is 22.7. The molecule has 0 bridgehead atoms. The number of aliphatic hydroxyl groups is 1. The van der Waals surface area contributed by atoms with Crippen molar-refractivity contribution in [1.82, 2.24) is 5.32 Å². The molecule has 1 fully saturated rings. The van der Waals surface area contributed by atoms with Crippen molar-refractivity contribution in [2.24, 2.45) is 5.92 Å². The van der Waals surface area contributed by atoms with E-state index < -0.39 is 12.1 Å². The van der Waals surface area contributed by atoms with E-state index in [-0.39, 0.29) is 18.0 Å². The van der Waals surface area contributed by atoms with E-state index in [1.807, 2.05) is 18.2 Å². The maximum absolute atomic E-state index is 10.8. The van der Waals surface area contributed by atoms with Crippen LogP contribution in [0, 0.1) is 5.92 Å². The second-order valence-corrected chi connectivity index (χ2v) is 5.96. The number of carbonyl (C=O) groups is 1. The molecule has 0 saturated heterocycles. The van der Waals surface area contributed by atoms with Crippen molar-refractivity contribution in [2.45, 2.75) is 44.4 Å². The van der Waals surface area contributed by atoms with Gasteiger partial charge in [-0.3, -0.25) is 4.79 Å². The zero-order valence-electron chi connectivity index (χ0n) is 12.1. The molecule has 2 atom stereocenters. The van der Waals surface area contributed by atoms with Crippen LogP contribution < -0.4 is 10.1 Å². The van der Waals surface area contributed by atoms with Crippen LogP contribution in [0.25, 0.3) is 0 Å². The highest BCUT2D eigenvalue weighted by atomic mass is 16.5. The Hall–Kier alpha value is -1.59. The number of hydrogen-bond donors (Lipinski definition) is 3. The second kappa shape index (κ2) is 5.66. The Morgan fingerprint density at radius 3 is 2.86 bits per heavy atom. The summed E-state index contributed by atoms with van der Waals surface area (Å²) < 4.78 is 5.75. The number of benzene rings is 1. The summed E-state index contributed by atoms with van der Waals surface area (Å²) in [5.74, 6) is -0.216. The third kappa shape index (κ3) is 2.76. The van der Waals surface area contributed by atoms with E-state index in [1.54, 1.807) is 0 Å². The van der Waals surface area contributed by atoms with Crippen LogP contribution in [0.15, 0.2) is 18.2 Å². The molecule has 1 aromatic rings. The van der Waals surface area contributed by atoms with E-state index >= 15 is 0 Å². The molecule has 0 aromatic heterocycles. The summed E-state index contributed by atoms with van der Waals surface area (Å²) in [6.45, 7) is 2.50. The first-order valence-electron chi connectivity index (χ1n) is 7.51. The average Bonchev–Trinajstić information content (AvgIpc) is 2.43. The predicted molar refractivity (Wildman–Crippen MR) is 77.3 cm³/mol. The van der Waals surface area contributed by atoms with Gasteiger partial charge in [-0.1, -0.05) is 19.1 Å². The van der Waals surface area contributed by atoms with Crippen molar-refractivity contribution in [3.8, 4) is 5.75 Å². The van der Waals surface area contributed by atoms with E-state index in [2.05, 4.69) is 12.2 Å². The lowest BCUT2D eigenvalue weighted by Gasteiger charge is -2.39. The molecule has 5 nitrogen and oxygen atoms in total. The topological polar surface area (TPSA) is 78.8 Å². The van der Waals surface area contributed by atoms with Gasteiger partial charge in [0, 0.05) is 11.6 Å². The normalized spacial score (nSPS) is 31.0. The number of carboxylic acids is 1. The minimum atomic E-state index is -0.731. The Balaban J connectivity index is 1.63. The zero-order chi connectivity index (χ0) is 15.0. The van der Waals surface area contributed by atoms with Gasteiger partial charge >= 0.3 is 5.97 Å². The average molecular weight is 291 g/mol. The molecular weight excluding hydrogens is 270 g/mol. The zero-order valence-corrected chi connectivity index (χ0v) is 12.1. The molecule has 1 aliphatic heterocycles. The van der Waals surface area contributed by atoms with Crippen molar-refractivity contribution in [3.63, 3.8) is 0 Å². The number of fused-ring (bicyclic) bond motifs is 1.